The van der Waals surface area contributed by atoms with E-state index in [4.69, 9.17) is 0 Å². The standard InChI is InChI=1S/C12H12FNO/c13-11-6-4-5-10(9-15)12(11)14-7-2-1-3-8-14/h1-2,4-6,9H,3,7-8H2. The fourth-order valence-electron chi connectivity index (χ4n) is 1.81. The van der Waals surface area contributed by atoms with E-state index in [1.54, 1.807) is 12.1 Å². The number of nitrogens with zero attached hydrogens (tertiary/aromatic N) is 1. The van der Waals surface area contributed by atoms with E-state index < -0.39 is 0 Å². The summed E-state index contributed by atoms with van der Waals surface area (Å²) in [5.41, 5.74) is 0.849. The van der Waals surface area contributed by atoms with Gasteiger partial charge in [-0.05, 0) is 18.6 Å². The van der Waals surface area contributed by atoms with Crippen LogP contribution in [-0.2, 0) is 0 Å². The van der Waals surface area contributed by atoms with Gasteiger partial charge in [0.1, 0.15) is 5.82 Å². The summed E-state index contributed by atoms with van der Waals surface area (Å²) < 4.78 is 13.6. The minimum atomic E-state index is -0.324. The SMILES string of the molecule is O=Cc1cccc(F)c1N1CC=CCC1. The first kappa shape index (κ1) is 9.90. The van der Waals surface area contributed by atoms with E-state index in [-0.39, 0.29) is 5.82 Å². The Labute approximate surface area is 88.0 Å². The first-order valence-electron chi connectivity index (χ1n) is 4.96. The minimum absolute atomic E-state index is 0.324. The van der Waals surface area contributed by atoms with Crippen LogP contribution in [0.5, 0.6) is 0 Å². The van der Waals surface area contributed by atoms with Crippen molar-refractivity contribution in [2.75, 3.05) is 18.0 Å². The van der Waals surface area contributed by atoms with Crippen molar-refractivity contribution in [3.8, 4) is 0 Å². The van der Waals surface area contributed by atoms with Crippen molar-refractivity contribution in [2.24, 2.45) is 0 Å². The van der Waals surface area contributed by atoms with Gasteiger partial charge < -0.3 is 4.90 Å². The van der Waals surface area contributed by atoms with Gasteiger partial charge in [0, 0.05) is 18.7 Å². The molecule has 0 amide bonds. The number of hydrogen-bond acceptors (Lipinski definition) is 2. The molecule has 15 heavy (non-hydrogen) atoms. The van der Waals surface area contributed by atoms with Gasteiger partial charge in [0.15, 0.2) is 6.29 Å². The van der Waals surface area contributed by atoms with Crippen LogP contribution in [-0.4, -0.2) is 19.4 Å². The molecule has 2 rings (SSSR count). The van der Waals surface area contributed by atoms with Gasteiger partial charge in [0.2, 0.25) is 0 Å². The van der Waals surface area contributed by atoms with Crippen molar-refractivity contribution in [1.29, 1.82) is 0 Å². The van der Waals surface area contributed by atoms with Crippen molar-refractivity contribution in [3.05, 3.63) is 41.7 Å². The van der Waals surface area contributed by atoms with Crippen LogP contribution in [0.2, 0.25) is 0 Å². The first-order valence-corrected chi connectivity index (χ1v) is 4.96. The van der Waals surface area contributed by atoms with Gasteiger partial charge in [-0.2, -0.15) is 0 Å². The van der Waals surface area contributed by atoms with E-state index in [1.807, 2.05) is 11.0 Å². The maximum absolute atomic E-state index is 13.6. The Morgan fingerprint density at radius 3 is 2.87 bits per heavy atom. The van der Waals surface area contributed by atoms with Gasteiger partial charge >= 0.3 is 0 Å². The molecule has 1 heterocycles. The van der Waals surface area contributed by atoms with E-state index in [1.165, 1.54) is 6.07 Å². The highest BCUT2D eigenvalue weighted by Crippen LogP contribution is 2.24. The molecule has 2 nitrogen and oxygen atoms in total. The average molecular weight is 205 g/mol. The van der Waals surface area contributed by atoms with Crippen LogP contribution >= 0.6 is 0 Å². The van der Waals surface area contributed by atoms with Crippen molar-refractivity contribution >= 4 is 12.0 Å². The molecular weight excluding hydrogens is 193 g/mol. The monoisotopic (exact) mass is 205 g/mol. The summed E-state index contributed by atoms with van der Waals surface area (Å²) in [5, 5.41) is 0. The van der Waals surface area contributed by atoms with Crippen molar-refractivity contribution in [2.45, 2.75) is 6.42 Å². The Morgan fingerprint density at radius 1 is 1.33 bits per heavy atom. The average Bonchev–Trinajstić information content (AvgIpc) is 2.29. The lowest BCUT2D eigenvalue weighted by Crippen LogP contribution is -2.28. The van der Waals surface area contributed by atoms with E-state index in [0.717, 1.165) is 13.0 Å². The molecule has 78 valence electrons. The number of anilines is 1. The van der Waals surface area contributed by atoms with E-state index in [0.29, 0.717) is 24.1 Å². The van der Waals surface area contributed by atoms with Crippen LogP contribution < -0.4 is 4.90 Å². The molecule has 1 aliphatic heterocycles. The van der Waals surface area contributed by atoms with Crippen LogP contribution in [0.3, 0.4) is 0 Å². The zero-order chi connectivity index (χ0) is 10.7. The molecule has 0 fully saturated rings. The van der Waals surface area contributed by atoms with E-state index >= 15 is 0 Å². The second kappa shape index (κ2) is 4.26. The van der Waals surface area contributed by atoms with Crippen molar-refractivity contribution in [1.82, 2.24) is 0 Å². The number of benzene rings is 1. The molecule has 1 aromatic rings. The predicted octanol–water partition coefficient (Wildman–Crippen LogP) is 2.40. The topological polar surface area (TPSA) is 20.3 Å². The fourth-order valence-corrected chi connectivity index (χ4v) is 1.81. The molecule has 1 aromatic carbocycles. The van der Waals surface area contributed by atoms with Crippen molar-refractivity contribution in [3.63, 3.8) is 0 Å². The number of para-hydroxylation sites is 1. The van der Waals surface area contributed by atoms with Crippen molar-refractivity contribution < 1.29 is 9.18 Å². The lowest BCUT2D eigenvalue weighted by molar-refractivity contribution is 0.112. The van der Waals surface area contributed by atoms with Crippen LogP contribution in [0.1, 0.15) is 16.8 Å². The van der Waals surface area contributed by atoms with Gasteiger partial charge in [-0.1, -0.05) is 18.2 Å². The number of halogens is 1. The van der Waals surface area contributed by atoms with E-state index in [2.05, 4.69) is 6.08 Å². The van der Waals surface area contributed by atoms with Gasteiger partial charge in [0.05, 0.1) is 5.69 Å². The third kappa shape index (κ3) is 1.91. The number of aldehydes is 1. The molecule has 1 aliphatic rings. The molecule has 0 atom stereocenters. The Kier molecular flexibility index (Phi) is 2.81. The van der Waals surface area contributed by atoms with Gasteiger partial charge in [-0.15, -0.1) is 0 Å². The van der Waals surface area contributed by atoms with E-state index in [9.17, 15) is 9.18 Å². The summed E-state index contributed by atoms with van der Waals surface area (Å²) in [6.07, 6.45) is 5.66. The summed E-state index contributed by atoms with van der Waals surface area (Å²) in [4.78, 5) is 12.7. The Bertz CT molecular complexity index is 401. The number of carbonyl (C=O) groups excluding carboxylic acids is 1. The molecule has 0 radical (unpaired) electrons. The highest BCUT2D eigenvalue weighted by atomic mass is 19.1. The summed E-state index contributed by atoms with van der Waals surface area (Å²) in [7, 11) is 0. The molecule has 0 bridgehead atoms. The lowest BCUT2D eigenvalue weighted by atomic mass is 10.1. The highest BCUT2D eigenvalue weighted by Gasteiger charge is 2.15. The lowest BCUT2D eigenvalue weighted by Gasteiger charge is -2.27. The zero-order valence-electron chi connectivity index (χ0n) is 8.32. The summed E-state index contributed by atoms with van der Waals surface area (Å²) in [5.74, 6) is -0.324. The minimum Gasteiger partial charge on any atom is -0.365 e. The summed E-state index contributed by atoms with van der Waals surface area (Å²) >= 11 is 0. The van der Waals surface area contributed by atoms with Gasteiger partial charge in [-0.3, -0.25) is 4.79 Å². The molecular formula is C12H12FNO. The summed E-state index contributed by atoms with van der Waals surface area (Å²) in [6, 6.07) is 4.59. The fraction of sp³-hybridized carbons (Fsp3) is 0.250. The van der Waals surface area contributed by atoms with Crippen LogP contribution in [0.25, 0.3) is 0 Å². The normalized spacial score (nSPS) is 15.4. The predicted molar refractivity (Wildman–Crippen MR) is 57.8 cm³/mol. The number of carbonyl (C=O) groups is 1. The molecule has 0 saturated heterocycles. The Hall–Kier alpha value is -1.64. The molecule has 0 N–H and O–H groups in total. The molecule has 0 unspecified atom stereocenters. The third-order valence-electron chi connectivity index (χ3n) is 2.52. The molecule has 0 spiro atoms. The maximum Gasteiger partial charge on any atom is 0.152 e. The molecule has 3 heteroatoms. The number of rotatable bonds is 2. The van der Waals surface area contributed by atoms with Crippen LogP contribution in [0.15, 0.2) is 30.4 Å². The largest absolute Gasteiger partial charge is 0.365 e. The zero-order valence-corrected chi connectivity index (χ0v) is 8.32. The second-order valence-electron chi connectivity index (χ2n) is 3.50. The Balaban J connectivity index is 2.40. The highest BCUT2D eigenvalue weighted by molar-refractivity contribution is 5.85. The molecule has 0 aliphatic carbocycles. The number of hydrogen-bond donors (Lipinski definition) is 0. The van der Waals surface area contributed by atoms with Gasteiger partial charge in [0.25, 0.3) is 0 Å². The summed E-state index contributed by atoms with van der Waals surface area (Å²) in [6.45, 7) is 1.43. The Morgan fingerprint density at radius 2 is 2.20 bits per heavy atom. The third-order valence-corrected chi connectivity index (χ3v) is 2.52. The smallest absolute Gasteiger partial charge is 0.152 e. The molecule has 0 saturated carbocycles. The second-order valence-corrected chi connectivity index (χ2v) is 3.50. The van der Waals surface area contributed by atoms with Gasteiger partial charge in [-0.25, -0.2) is 4.39 Å². The first-order chi connectivity index (χ1) is 7.33. The van der Waals surface area contributed by atoms with Crippen LogP contribution in [0.4, 0.5) is 10.1 Å². The molecule has 0 aromatic heterocycles. The maximum atomic E-state index is 13.6. The quantitative estimate of drug-likeness (QED) is 0.546. The van der Waals surface area contributed by atoms with Crippen LogP contribution in [0, 0.1) is 5.82 Å².